The van der Waals surface area contributed by atoms with Crippen LogP contribution in [0.5, 0.6) is 5.75 Å². The molecular formula is C19H23F3N4O3S. The minimum atomic E-state index is -4.30. The van der Waals surface area contributed by atoms with Crippen LogP contribution in [-0.2, 0) is 16.0 Å². The smallest absolute Gasteiger partial charge is 0.433 e. The van der Waals surface area contributed by atoms with Gasteiger partial charge in [0.15, 0.2) is 9.84 Å². The summed E-state index contributed by atoms with van der Waals surface area (Å²) in [5.74, 6) is 0.326. The fraction of sp³-hybridized carbons (Fsp3) is 0.368. The molecule has 0 aliphatic rings. The number of pyridine rings is 1. The summed E-state index contributed by atoms with van der Waals surface area (Å²) in [5.41, 5.74) is 0.870. The minimum absolute atomic E-state index is 0.118. The number of halogens is 3. The molecule has 0 saturated heterocycles. The zero-order valence-corrected chi connectivity index (χ0v) is 17.9. The van der Waals surface area contributed by atoms with Gasteiger partial charge in [0.2, 0.25) is 0 Å². The predicted molar refractivity (Wildman–Crippen MR) is 108 cm³/mol. The number of hydrogen-bond donors (Lipinski definition) is 2. The van der Waals surface area contributed by atoms with Crippen LogP contribution in [0.4, 0.5) is 18.9 Å². The van der Waals surface area contributed by atoms with E-state index in [0.717, 1.165) is 17.3 Å². The van der Waals surface area contributed by atoms with Crippen LogP contribution < -0.4 is 10.1 Å². The maximum Gasteiger partial charge on any atom is 0.433 e. The standard InChI is InChI=1S/C14H18N2O3S.C5H5F3N2/c1-9(2)20(17,18)14-7-10-11(15-3)5-6-16-12(10)8-13(14)19-4;1-3-2-9-10-4(3)5(6,7)8/h5-9H,1-4H3,(H,15,16);2H,1H3,(H,9,10). The lowest BCUT2D eigenvalue weighted by Crippen LogP contribution is -2.15. The van der Waals surface area contributed by atoms with E-state index in [1.54, 1.807) is 45.3 Å². The summed E-state index contributed by atoms with van der Waals surface area (Å²) in [7, 11) is -0.169. The Labute approximate surface area is 172 Å². The van der Waals surface area contributed by atoms with Crippen molar-refractivity contribution in [3.05, 3.63) is 41.9 Å². The zero-order valence-electron chi connectivity index (χ0n) is 17.1. The molecule has 0 aliphatic carbocycles. The first-order valence-corrected chi connectivity index (χ1v) is 10.4. The lowest BCUT2D eigenvalue weighted by atomic mass is 10.2. The molecule has 2 heterocycles. The number of alkyl halides is 3. The molecule has 2 N–H and O–H groups in total. The number of nitrogens with one attached hydrogen (secondary N) is 2. The van der Waals surface area contributed by atoms with Gasteiger partial charge in [0.1, 0.15) is 16.3 Å². The van der Waals surface area contributed by atoms with Gasteiger partial charge in [0, 0.05) is 30.4 Å². The molecular weight excluding hydrogens is 421 g/mol. The third-order valence-electron chi connectivity index (χ3n) is 4.34. The van der Waals surface area contributed by atoms with Crippen LogP contribution in [0.25, 0.3) is 10.9 Å². The van der Waals surface area contributed by atoms with Crippen molar-refractivity contribution in [2.75, 3.05) is 19.5 Å². The SMILES string of the molecule is CNc1ccnc2cc(OC)c(S(=O)(=O)C(C)C)cc12.Cc1cn[nH]c1C(F)(F)F. The Bertz CT molecular complexity index is 1130. The lowest BCUT2D eigenvalue weighted by molar-refractivity contribution is -0.141. The summed E-state index contributed by atoms with van der Waals surface area (Å²) in [5, 5.41) is 8.40. The van der Waals surface area contributed by atoms with Crippen LogP contribution in [0.2, 0.25) is 0 Å². The Morgan fingerprint density at radius 1 is 1.23 bits per heavy atom. The highest BCUT2D eigenvalue weighted by Crippen LogP contribution is 2.33. The maximum absolute atomic E-state index is 12.4. The number of H-pyrrole nitrogens is 1. The summed E-state index contributed by atoms with van der Waals surface area (Å²) in [6.45, 7) is 4.66. The molecule has 7 nitrogen and oxygen atoms in total. The fourth-order valence-electron chi connectivity index (χ4n) is 2.64. The van der Waals surface area contributed by atoms with Crippen LogP contribution in [0.3, 0.4) is 0 Å². The number of aromatic nitrogens is 3. The number of sulfone groups is 1. The highest BCUT2D eigenvalue weighted by atomic mass is 32.2. The molecule has 0 amide bonds. The van der Waals surface area contributed by atoms with Gasteiger partial charge in [-0.05, 0) is 38.5 Å². The largest absolute Gasteiger partial charge is 0.495 e. The van der Waals surface area contributed by atoms with E-state index in [1.807, 2.05) is 5.10 Å². The number of rotatable bonds is 4. The van der Waals surface area contributed by atoms with Crippen molar-refractivity contribution in [2.24, 2.45) is 0 Å². The number of nitrogens with zero attached hydrogens (tertiary/aromatic N) is 2. The molecule has 164 valence electrons. The van der Waals surface area contributed by atoms with Gasteiger partial charge in [-0.15, -0.1) is 0 Å². The first kappa shape index (κ1) is 23.5. The number of aryl methyl sites for hydroxylation is 1. The number of anilines is 1. The lowest BCUT2D eigenvalue weighted by Gasteiger charge is -2.14. The van der Waals surface area contributed by atoms with Gasteiger partial charge >= 0.3 is 6.18 Å². The quantitative estimate of drug-likeness (QED) is 0.626. The second-order valence-electron chi connectivity index (χ2n) is 6.65. The number of aromatic amines is 1. The number of benzene rings is 1. The molecule has 30 heavy (non-hydrogen) atoms. The average molecular weight is 444 g/mol. The Morgan fingerprint density at radius 3 is 2.33 bits per heavy atom. The molecule has 0 fully saturated rings. The van der Waals surface area contributed by atoms with E-state index in [1.165, 1.54) is 14.0 Å². The summed E-state index contributed by atoms with van der Waals surface area (Å²) in [4.78, 5) is 4.45. The van der Waals surface area contributed by atoms with Gasteiger partial charge in [0.25, 0.3) is 0 Å². The number of fused-ring (bicyclic) bond motifs is 1. The second-order valence-corrected chi connectivity index (χ2v) is 9.12. The molecule has 1 aromatic carbocycles. The van der Waals surface area contributed by atoms with Gasteiger partial charge in [0.05, 0.1) is 24.1 Å². The Hall–Kier alpha value is -2.82. The van der Waals surface area contributed by atoms with E-state index >= 15 is 0 Å². The predicted octanol–water partition coefficient (Wildman–Crippen LogP) is 4.20. The maximum atomic E-state index is 12.4. The molecule has 3 aromatic rings. The van der Waals surface area contributed by atoms with Crippen molar-refractivity contribution in [3.63, 3.8) is 0 Å². The van der Waals surface area contributed by atoms with Crippen molar-refractivity contribution < 1.29 is 26.3 Å². The van der Waals surface area contributed by atoms with Crippen molar-refractivity contribution >= 4 is 26.4 Å². The molecule has 0 saturated carbocycles. The van der Waals surface area contributed by atoms with Gasteiger partial charge in [-0.3, -0.25) is 10.1 Å². The number of methoxy groups -OCH3 is 1. The van der Waals surface area contributed by atoms with Crippen molar-refractivity contribution in [3.8, 4) is 5.75 Å². The van der Waals surface area contributed by atoms with E-state index in [-0.39, 0.29) is 10.5 Å². The average Bonchev–Trinajstić information content (AvgIpc) is 3.13. The highest BCUT2D eigenvalue weighted by molar-refractivity contribution is 7.92. The molecule has 0 unspecified atom stereocenters. The minimum Gasteiger partial charge on any atom is -0.495 e. The molecule has 11 heteroatoms. The van der Waals surface area contributed by atoms with Gasteiger partial charge in [-0.25, -0.2) is 8.42 Å². The van der Waals surface area contributed by atoms with Crippen LogP contribution in [0.15, 0.2) is 35.5 Å². The second kappa shape index (κ2) is 8.90. The fourth-order valence-corrected chi connectivity index (χ4v) is 3.85. The third kappa shape index (κ3) is 4.84. The summed E-state index contributed by atoms with van der Waals surface area (Å²) >= 11 is 0. The van der Waals surface area contributed by atoms with Gasteiger partial charge < -0.3 is 10.1 Å². The number of hydrogen-bond acceptors (Lipinski definition) is 6. The summed E-state index contributed by atoms with van der Waals surface area (Å²) in [6.07, 6.45) is -1.49. The van der Waals surface area contributed by atoms with E-state index < -0.39 is 27.0 Å². The third-order valence-corrected chi connectivity index (χ3v) is 6.51. The Kier molecular flexibility index (Phi) is 6.96. The topological polar surface area (TPSA) is 97.0 Å². The van der Waals surface area contributed by atoms with Crippen LogP contribution in [0, 0.1) is 6.92 Å². The first-order chi connectivity index (χ1) is 13.9. The normalized spacial score (nSPS) is 11.9. The van der Waals surface area contributed by atoms with E-state index in [4.69, 9.17) is 4.74 Å². The molecule has 3 rings (SSSR count). The van der Waals surface area contributed by atoms with Crippen molar-refractivity contribution in [1.29, 1.82) is 0 Å². The van der Waals surface area contributed by atoms with Crippen LogP contribution in [0.1, 0.15) is 25.1 Å². The molecule has 0 bridgehead atoms. The van der Waals surface area contributed by atoms with E-state index in [2.05, 4.69) is 15.4 Å². The molecule has 0 aliphatic heterocycles. The van der Waals surface area contributed by atoms with E-state index in [9.17, 15) is 21.6 Å². The molecule has 0 spiro atoms. The van der Waals surface area contributed by atoms with Gasteiger partial charge in [-0.2, -0.15) is 18.3 Å². The summed E-state index contributed by atoms with van der Waals surface area (Å²) < 4.78 is 65.5. The van der Waals surface area contributed by atoms with E-state index in [0.29, 0.717) is 11.3 Å². The van der Waals surface area contributed by atoms with Crippen molar-refractivity contribution in [1.82, 2.24) is 15.2 Å². The zero-order chi connectivity index (χ0) is 22.7. The van der Waals surface area contributed by atoms with Crippen LogP contribution in [-0.4, -0.2) is 43.0 Å². The Morgan fingerprint density at radius 2 is 1.90 bits per heavy atom. The Balaban J connectivity index is 0.000000269. The monoisotopic (exact) mass is 444 g/mol. The van der Waals surface area contributed by atoms with Crippen molar-refractivity contribution in [2.45, 2.75) is 37.1 Å². The highest BCUT2D eigenvalue weighted by Gasteiger charge is 2.34. The first-order valence-electron chi connectivity index (χ1n) is 8.89. The van der Waals surface area contributed by atoms with Crippen LogP contribution >= 0.6 is 0 Å². The molecule has 0 radical (unpaired) electrons. The molecule has 2 aromatic heterocycles. The molecule has 0 atom stereocenters. The number of ether oxygens (including phenoxy) is 1. The van der Waals surface area contributed by atoms with Gasteiger partial charge in [-0.1, -0.05) is 0 Å². The summed E-state index contributed by atoms with van der Waals surface area (Å²) in [6, 6.07) is 5.09.